The standard InChI is InChI=1S/C21H24ClN3O5S/c22-17-9-15(20-16(10-17)12-29-13-30-20)11-25-7-5-14(6-8-25)21(26)24-18-1-3-19(4-2-18)31(23,27)28/h1-4,9-10,14H,5-8,11-13H2,(H,24,26)(H2,23,27,28). The summed E-state index contributed by atoms with van der Waals surface area (Å²) in [5.74, 6) is 0.675. The number of amides is 1. The van der Waals surface area contributed by atoms with E-state index in [1.54, 1.807) is 12.1 Å². The lowest BCUT2D eigenvalue weighted by Crippen LogP contribution is -2.38. The number of nitrogens with one attached hydrogen (secondary N) is 1. The molecular weight excluding hydrogens is 442 g/mol. The van der Waals surface area contributed by atoms with Crippen LogP contribution in [0.5, 0.6) is 5.75 Å². The number of carbonyl (C=O) groups excluding carboxylic acids is 1. The average molecular weight is 466 g/mol. The van der Waals surface area contributed by atoms with Gasteiger partial charge in [0, 0.05) is 34.3 Å². The fourth-order valence-corrected chi connectivity index (χ4v) is 4.72. The van der Waals surface area contributed by atoms with E-state index in [1.165, 1.54) is 12.1 Å². The Morgan fingerprint density at radius 1 is 1.19 bits per heavy atom. The first-order chi connectivity index (χ1) is 14.8. The molecule has 1 fully saturated rings. The Morgan fingerprint density at radius 3 is 2.58 bits per heavy atom. The SMILES string of the molecule is NS(=O)(=O)c1ccc(NC(=O)C2CCN(Cc3cc(Cl)cc4c3OCOC4)CC2)cc1. The number of likely N-dealkylation sites (tertiary alicyclic amines) is 1. The van der Waals surface area contributed by atoms with Crippen LogP contribution in [0, 0.1) is 5.92 Å². The van der Waals surface area contributed by atoms with Crippen LogP contribution in [0.1, 0.15) is 24.0 Å². The summed E-state index contributed by atoms with van der Waals surface area (Å²) in [5.41, 5.74) is 2.53. The number of piperidine rings is 1. The molecule has 31 heavy (non-hydrogen) atoms. The Balaban J connectivity index is 1.33. The Morgan fingerprint density at radius 2 is 1.90 bits per heavy atom. The molecule has 0 saturated carbocycles. The molecule has 2 heterocycles. The second-order valence-electron chi connectivity index (χ2n) is 7.77. The van der Waals surface area contributed by atoms with E-state index in [-0.39, 0.29) is 23.5 Å². The molecule has 166 valence electrons. The van der Waals surface area contributed by atoms with Crippen molar-refractivity contribution in [1.82, 2.24) is 4.90 Å². The molecule has 2 aromatic rings. The summed E-state index contributed by atoms with van der Waals surface area (Å²) in [5, 5.41) is 8.61. The number of anilines is 1. The third-order valence-corrected chi connectivity index (χ3v) is 6.70. The number of hydrogen-bond donors (Lipinski definition) is 2. The zero-order valence-corrected chi connectivity index (χ0v) is 18.4. The van der Waals surface area contributed by atoms with Crippen molar-refractivity contribution in [2.45, 2.75) is 30.9 Å². The van der Waals surface area contributed by atoms with Crippen molar-refractivity contribution < 1.29 is 22.7 Å². The van der Waals surface area contributed by atoms with Gasteiger partial charge in [-0.3, -0.25) is 9.69 Å². The quantitative estimate of drug-likeness (QED) is 0.702. The fraction of sp³-hybridized carbons (Fsp3) is 0.381. The van der Waals surface area contributed by atoms with Gasteiger partial charge in [-0.2, -0.15) is 0 Å². The van der Waals surface area contributed by atoms with Crippen LogP contribution < -0.4 is 15.2 Å². The molecule has 4 rings (SSSR count). The predicted molar refractivity (Wildman–Crippen MR) is 116 cm³/mol. The monoisotopic (exact) mass is 465 g/mol. The molecule has 0 aliphatic carbocycles. The van der Waals surface area contributed by atoms with Crippen LogP contribution in [0.25, 0.3) is 0 Å². The fourth-order valence-electron chi connectivity index (χ4n) is 3.94. The minimum absolute atomic E-state index is 0.0116. The van der Waals surface area contributed by atoms with Crippen molar-refractivity contribution in [3.63, 3.8) is 0 Å². The zero-order chi connectivity index (χ0) is 22.0. The van der Waals surface area contributed by atoms with E-state index in [9.17, 15) is 13.2 Å². The number of nitrogens with zero attached hydrogens (tertiary/aromatic N) is 1. The predicted octanol–water partition coefficient (Wildman–Crippen LogP) is 2.70. The largest absolute Gasteiger partial charge is 0.467 e. The first-order valence-corrected chi connectivity index (χ1v) is 11.9. The number of sulfonamides is 1. The van der Waals surface area contributed by atoms with Gasteiger partial charge in [0.25, 0.3) is 0 Å². The number of nitrogens with two attached hydrogens (primary N) is 1. The highest BCUT2D eigenvalue weighted by Crippen LogP contribution is 2.33. The van der Waals surface area contributed by atoms with Crippen LogP contribution in [-0.2, 0) is 32.7 Å². The van der Waals surface area contributed by atoms with E-state index < -0.39 is 10.0 Å². The Labute approximate surface area is 186 Å². The Kier molecular flexibility index (Phi) is 6.49. The van der Waals surface area contributed by atoms with E-state index in [0.29, 0.717) is 23.9 Å². The van der Waals surface area contributed by atoms with Crippen LogP contribution in [-0.4, -0.2) is 39.1 Å². The van der Waals surface area contributed by atoms with Gasteiger partial charge in [-0.1, -0.05) is 11.6 Å². The molecule has 0 atom stereocenters. The topological polar surface area (TPSA) is 111 Å². The minimum Gasteiger partial charge on any atom is -0.467 e. The number of benzene rings is 2. The van der Waals surface area contributed by atoms with Gasteiger partial charge < -0.3 is 14.8 Å². The number of ether oxygens (including phenoxy) is 2. The maximum atomic E-state index is 12.6. The molecular formula is C21H24ClN3O5S. The highest BCUT2D eigenvalue weighted by Gasteiger charge is 2.26. The maximum absolute atomic E-state index is 12.6. The zero-order valence-electron chi connectivity index (χ0n) is 16.8. The van der Waals surface area contributed by atoms with Crippen LogP contribution >= 0.6 is 11.6 Å². The van der Waals surface area contributed by atoms with Gasteiger partial charge >= 0.3 is 0 Å². The smallest absolute Gasteiger partial charge is 0.238 e. The number of primary sulfonamides is 1. The number of halogens is 1. The third kappa shape index (κ3) is 5.36. The van der Waals surface area contributed by atoms with Crippen LogP contribution in [0.3, 0.4) is 0 Å². The lowest BCUT2D eigenvalue weighted by Gasteiger charge is -2.32. The highest BCUT2D eigenvalue weighted by atomic mass is 35.5. The van der Waals surface area contributed by atoms with Gasteiger partial charge in [0.1, 0.15) is 5.75 Å². The van der Waals surface area contributed by atoms with Crippen molar-refractivity contribution in [3.8, 4) is 5.75 Å². The average Bonchev–Trinajstić information content (AvgIpc) is 2.74. The highest BCUT2D eigenvalue weighted by molar-refractivity contribution is 7.89. The molecule has 2 aliphatic heterocycles. The van der Waals surface area contributed by atoms with Crippen LogP contribution in [0.15, 0.2) is 41.3 Å². The summed E-state index contributed by atoms with van der Waals surface area (Å²) < 4.78 is 33.7. The first-order valence-electron chi connectivity index (χ1n) is 9.97. The molecule has 1 amide bonds. The van der Waals surface area contributed by atoms with Gasteiger partial charge in [-0.15, -0.1) is 0 Å². The van der Waals surface area contributed by atoms with Crippen molar-refractivity contribution in [2.75, 3.05) is 25.2 Å². The number of hydrogen-bond acceptors (Lipinski definition) is 6. The molecule has 0 radical (unpaired) electrons. The maximum Gasteiger partial charge on any atom is 0.238 e. The Bertz CT molecular complexity index is 1070. The van der Waals surface area contributed by atoms with Gasteiger partial charge in [-0.25, -0.2) is 13.6 Å². The van der Waals surface area contributed by atoms with Crippen molar-refractivity contribution in [2.24, 2.45) is 11.1 Å². The molecule has 1 saturated heterocycles. The van der Waals surface area contributed by atoms with Gasteiger partial charge in [-0.05, 0) is 62.3 Å². The van der Waals surface area contributed by atoms with Gasteiger partial charge in [0.2, 0.25) is 15.9 Å². The second kappa shape index (κ2) is 9.13. The van der Waals surface area contributed by atoms with Crippen LogP contribution in [0.2, 0.25) is 5.02 Å². The summed E-state index contributed by atoms with van der Waals surface area (Å²) in [6.07, 6.45) is 1.46. The lowest BCUT2D eigenvalue weighted by atomic mass is 9.95. The summed E-state index contributed by atoms with van der Waals surface area (Å²) in [7, 11) is -3.75. The van der Waals surface area contributed by atoms with Crippen molar-refractivity contribution in [1.29, 1.82) is 0 Å². The molecule has 0 spiro atoms. The molecule has 0 aromatic heterocycles. The molecule has 0 bridgehead atoms. The first kappa shape index (κ1) is 22.0. The molecule has 0 unspecified atom stereocenters. The van der Waals surface area contributed by atoms with Gasteiger partial charge in [0.05, 0.1) is 11.5 Å². The third-order valence-electron chi connectivity index (χ3n) is 5.55. The summed E-state index contributed by atoms with van der Waals surface area (Å²) in [6.45, 7) is 2.98. The number of carbonyl (C=O) groups is 1. The molecule has 2 aliphatic rings. The van der Waals surface area contributed by atoms with E-state index in [4.69, 9.17) is 26.2 Å². The molecule has 3 N–H and O–H groups in total. The van der Waals surface area contributed by atoms with Crippen molar-refractivity contribution in [3.05, 3.63) is 52.5 Å². The lowest BCUT2D eigenvalue weighted by molar-refractivity contribution is -0.121. The van der Waals surface area contributed by atoms with E-state index in [1.807, 2.05) is 12.1 Å². The summed E-state index contributed by atoms with van der Waals surface area (Å²) in [6, 6.07) is 9.64. The summed E-state index contributed by atoms with van der Waals surface area (Å²) >= 11 is 6.25. The van der Waals surface area contributed by atoms with Crippen molar-refractivity contribution >= 4 is 33.2 Å². The minimum atomic E-state index is -3.75. The Hall–Kier alpha value is -2.17. The number of rotatable bonds is 5. The van der Waals surface area contributed by atoms with E-state index in [2.05, 4.69) is 10.2 Å². The molecule has 10 heteroatoms. The van der Waals surface area contributed by atoms with Crippen LogP contribution in [0.4, 0.5) is 5.69 Å². The van der Waals surface area contributed by atoms with E-state index in [0.717, 1.165) is 42.8 Å². The normalized spacial score (nSPS) is 17.6. The van der Waals surface area contributed by atoms with Gasteiger partial charge in [0.15, 0.2) is 6.79 Å². The molecule has 8 nitrogen and oxygen atoms in total. The number of fused-ring (bicyclic) bond motifs is 1. The summed E-state index contributed by atoms with van der Waals surface area (Å²) in [4.78, 5) is 14.9. The molecule has 2 aromatic carbocycles. The van der Waals surface area contributed by atoms with E-state index >= 15 is 0 Å². The second-order valence-corrected chi connectivity index (χ2v) is 9.77.